The van der Waals surface area contributed by atoms with Crippen molar-refractivity contribution in [2.45, 2.75) is 56.3 Å². The van der Waals surface area contributed by atoms with E-state index in [-0.39, 0.29) is 31.0 Å². The molecule has 0 aromatic heterocycles. The Hall–Kier alpha value is -3.68. The number of carbonyl (C=O) groups excluding carboxylic acids is 1. The Labute approximate surface area is 277 Å². The summed E-state index contributed by atoms with van der Waals surface area (Å²) in [5.74, 6) is 0.460. The molecule has 2 aliphatic rings. The molecule has 0 aliphatic carbocycles. The number of aryl methyl sites for hydroxylation is 1. The van der Waals surface area contributed by atoms with Crippen LogP contribution in [-0.4, -0.2) is 84.5 Å². The highest BCUT2D eigenvalue weighted by atomic mass is 32.2. The molecule has 0 amide bonds. The molecular weight excluding hydrogens is 624 g/mol. The number of rotatable bonds is 14. The predicted molar refractivity (Wildman–Crippen MR) is 176 cm³/mol. The Morgan fingerprint density at radius 1 is 0.979 bits per heavy atom. The molecule has 3 aromatic rings. The van der Waals surface area contributed by atoms with Gasteiger partial charge in [0.05, 0.1) is 36.9 Å². The maximum atomic E-state index is 14.0. The highest BCUT2D eigenvalue weighted by molar-refractivity contribution is 7.89. The molecule has 12 heteroatoms. The van der Waals surface area contributed by atoms with Gasteiger partial charge in [0, 0.05) is 45.7 Å². The van der Waals surface area contributed by atoms with E-state index in [1.807, 2.05) is 43.3 Å². The van der Waals surface area contributed by atoms with Crippen LogP contribution in [0.5, 0.6) is 11.5 Å². The second kappa shape index (κ2) is 15.9. The number of fused-ring (bicyclic) bond motifs is 1. The quantitative estimate of drug-likeness (QED) is 0.134. The van der Waals surface area contributed by atoms with E-state index in [0.717, 1.165) is 47.6 Å². The molecule has 5 rings (SSSR count). The number of carbonyl (C=O) groups is 1. The lowest BCUT2D eigenvalue weighted by atomic mass is 9.85. The molecule has 0 unspecified atom stereocenters. The van der Waals surface area contributed by atoms with Crippen LogP contribution in [0.4, 0.5) is 5.69 Å². The van der Waals surface area contributed by atoms with Gasteiger partial charge in [-0.05, 0) is 60.9 Å². The van der Waals surface area contributed by atoms with E-state index in [2.05, 4.69) is 11.0 Å². The fourth-order valence-electron chi connectivity index (χ4n) is 5.92. The number of ether oxygens (including phenoxy) is 4. The summed E-state index contributed by atoms with van der Waals surface area (Å²) in [7, 11) is -0.650. The third-order valence-electron chi connectivity index (χ3n) is 8.50. The molecule has 0 bridgehead atoms. The van der Waals surface area contributed by atoms with Gasteiger partial charge in [-0.3, -0.25) is 4.89 Å². The van der Waals surface area contributed by atoms with Gasteiger partial charge in [0.25, 0.3) is 0 Å². The molecule has 0 radical (unpaired) electrons. The van der Waals surface area contributed by atoms with Crippen molar-refractivity contribution in [3.8, 4) is 11.5 Å². The Kier molecular flexibility index (Phi) is 11.8. The minimum absolute atomic E-state index is 0.0453. The zero-order valence-electron chi connectivity index (χ0n) is 27.4. The van der Waals surface area contributed by atoms with E-state index in [0.29, 0.717) is 19.0 Å². The van der Waals surface area contributed by atoms with Crippen LogP contribution in [0, 0.1) is 6.92 Å². The molecule has 47 heavy (non-hydrogen) atoms. The normalized spacial score (nSPS) is 19.9. The van der Waals surface area contributed by atoms with Crippen LogP contribution in [0.2, 0.25) is 0 Å². The number of hydrogen-bond acceptors (Lipinski definition) is 10. The molecule has 3 atom stereocenters. The van der Waals surface area contributed by atoms with E-state index in [4.69, 9.17) is 28.7 Å². The standard InChI is InChI=1S/C35H44N2O9S/c1-5-34(38)46-45-33-23-37(47(39,40)29-14-7-25(2)8-15-29)22-32(35(33)27-10-12-28(42-4)13-11-27)44-24-26-9-16-31-30(21-26)36(18-20-43-31)17-6-19-41-3/h7-16,21,32-33,35H,5-6,17-20,22-24H2,1-4H3/t32-,33+,35+/m0/s1. The molecule has 0 saturated carbocycles. The van der Waals surface area contributed by atoms with Gasteiger partial charge in [-0.15, -0.1) is 0 Å². The molecule has 3 aromatic carbocycles. The topological polar surface area (TPSA) is 113 Å². The Balaban J connectivity index is 1.46. The summed E-state index contributed by atoms with van der Waals surface area (Å²) in [5.41, 5.74) is 3.68. The van der Waals surface area contributed by atoms with E-state index in [1.165, 1.54) is 4.31 Å². The van der Waals surface area contributed by atoms with Crippen LogP contribution in [0.15, 0.2) is 71.6 Å². The largest absolute Gasteiger partial charge is 0.497 e. The second-order valence-electron chi connectivity index (χ2n) is 11.7. The Morgan fingerprint density at radius 3 is 2.43 bits per heavy atom. The summed E-state index contributed by atoms with van der Waals surface area (Å²) in [5, 5.41) is 0. The summed E-state index contributed by atoms with van der Waals surface area (Å²) in [6.45, 7) is 6.66. The van der Waals surface area contributed by atoms with E-state index in [1.54, 1.807) is 45.4 Å². The van der Waals surface area contributed by atoms with Gasteiger partial charge >= 0.3 is 5.97 Å². The lowest BCUT2D eigenvalue weighted by Crippen LogP contribution is -2.54. The summed E-state index contributed by atoms with van der Waals surface area (Å²) in [6, 6.07) is 20.1. The zero-order valence-corrected chi connectivity index (χ0v) is 28.2. The van der Waals surface area contributed by atoms with Gasteiger partial charge < -0.3 is 23.8 Å². The number of piperidine rings is 1. The first-order valence-electron chi connectivity index (χ1n) is 15.9. The highest BCUT2D eigenvalue weighted by Gasteiger charge is 2.45. The van der Waals surface area contributed by atoms with Crippen LogP contribution < -0.4 is 14.4 Å². The lowest BCUT2D eigenvalue weighted by molar-refractivity contribution is -0.310. The van der Waals surface area contributed by atoms with Crippen molar-refractivity contribution in [2.24, 2.45) is 0 Å². The highest BCUT2D eigenvalue weighted by Crippen LogP contribution is 2.38. The maximum absolute atomic E-state index is 14.0. The fraction of sp³-hybridized carbons (Fsp3) is 0.457. The van der Waals surface area contributed by atoms with Crippen LogP contribution in [-0.2, 0) is 40.7 Å². The van der Waals surface area contributed by atoms with Gasteiger partial charge in [0.15, 0.2) is 0 Å². The number of methoxy groups -OCH3 is 2. The molecule has 2 heterocycles. The Bertz CT molecular complexity index is 1580. The number of nitrogens with zero attached hydrogens (tertiary/aromatic N) is 2. The first kappa shape index (κ1) is 34.6. The van der Waals surface area contributed by atoms with E-state index in [9.17, 15) is 13.2 Å². The van der Waals surface area contributed by atoms with Crippen molar-refractivity contribution in [1.29, 1.82) is 0 Å². The third kappa shape index (κ3) is 8.43. The summed E-state index contributed by atoms with van der Waals surface area (Å²) < 4.78 is 52.4. The van der Waals surface area contributed by atoms with Gasteiger partial charge in [0.2, 0.25) is 10.0 Å². The number of anilines is 1. The van der Waals surface area contributed by atoms with Crippen molar-refractivity contribution in [3.05, 3.63) is 83.4 Å². The van der Waals surface area contributed by atoms with Gasteiger partial charge in [-0.2, -0.15) is 9.19 Å². The molecule has 1 fully saturated rings. The van der Waals surface area contributed by atoms with Crippen LogP contribution in [0.25, 0.3) is 0 Å². The molecular formula is C35H44N2O9S. The Morgan fingerprint density at radius 2 is 1.72 bits per heavy atom. The monoisotopic (exact) mass is 668 g/mol. The number of hydrogen-bond donors (Lipinski definition) is 0. The minimum atomic E-state index is -3.94. The first-order chi connectivity index (χ1) is 22.7. The average molecular weight is 669 g/mol. The minimum Gasteiger partial charge on any atom is -0.497 e. The van der Waals surface area contributed by atoms with Crippen molar-refractivity contribution >= 4 is 21.7 Å². The molecule has 254 valence electrons. The van der Waals surface area contributed by atoms with E-state index < -0.39 is 34.1 Å². The molecule has 2 aliphatic heterocycles. The lowest BCUT2D eigenvalue weighted by Gasteiger charge is -2.42. The smallest absolute Gasteiger partial charge is 0.342 e. The van der Waals surface area contributed by atoms with Gasteiger partial charge in [-0.25, -0.2) is 13.2 Å². The van der Waals surface area contributed by atoms with E-state index >= 15 is 0 Å². The van der Waals surface area contributed by atoms with Crippen LogP contribution in [0.1, 0.15) is 42.4 Å². The fourth-order valence-corrected chi connectivity index (χ4v) is 7.38. The van der Waals surface area contributed by atoms with Crippen molar-refractivity contribution in [3.63, 3.8) is 0 Å². The summed E-state index contributed by atoms with van der Waals surface area (Å²) in [4.78, 5) is 25.6. The van der Waals surface area contributed by atoms with Gasteiger partial charge in [0.1, 0.15) is 24.2 Å². The number of benzene rings is 3. The SMILES string of the molecule is CCC(=O)OO[C@@H]1CN(S(=O)(=O)c2ccc(C)cc2)C[C@H](OCc2ccc3c(c2)N(CCCOC)CCO3)[C@H]1c1ccc(OC)cc1. The van der Waals surface area contributed by atoms with Gasteiger partial charge in [-0.1, -0.05) is 42.8 Å². The molecule has 1 saturated heterocycles. The van der Waals surface area contributed by atoms with Crippen molar-refractivity contribution < 1.29 is 41.9 Å². The molecule has 0 spiro atoms. The maximum Gasteiger partial charge on any atom is 0.342 e. The van der Waals surface area contributed by atoms with Crippen molar-refractivity contribution in [1.82, 2.24) is 4.31 Å². The molecule has 0 N–H and O–H groups in total. The second-order valence-corrected chi connectivity index (χ2v) is 13.6. The third-order valence-corrected chi connectivity index (χ3v) is 10.4. The zero-order chi connectivity index (χ0) is 33.4. The summed E-state index contributed by atoms with van der Waals surface area (Å²) in [6.07, 6.45) is -0.522. The average Bonchev–Trinajstić information content (AvgIpc) is 3.09. The van der Waals surface area contributed by atoms with Crippen LogP contribution in [0.3, 0.4) is 0 Å². The predicted octanol–water partition coefficient (Wildman–Crippen LogP) is 4.87. The first-order valence-corrected chi connectivity index (χ1v) is 17.4. The van der Waals surface area contributed by atoms with Crippen LogP contribution >= 0.6 is 0 Å². The van der Waals surface area contributed by atoms with Crippen molar-refractivity contribution in [2.75, 3.05) is 58.5 Å². The summed E-state index contributed by atoms with van der Waals surface area (Å²) >= 11 is 0. The molecule has 11 nitrogen and oxygen atoms in total. The number of sulfonamides is 1.